The van der Waals surface area contributed by atoms with Crippen LogP contribution in [0.25, 0.3) is 0 Å². The molecule has 1 unspecified atom stereocenters. The molecule has 0 saturated carbocycles. The minimum absolute atomic E-state index is 0.00383. The normalized spacial score (nSPS) is 14.1. The molecule has 0 aliphatic carbocycles. The first-order chi connectivity index (χ1) is 7.70. The Morgan fingerprint density at radius 2 is 1.81 bits per heavy atom. The van der Waals surface area contributed by atoms with E-state index in [-0.39, 0.29) is 26.4 Å². The summed E-state index contributed by atoms with van der Waals surface area (Å²) < 4.78 is 16.0. The fourth-order valence-corrected chi connectivity index (χ4v) is 2.07. The summed E-state index contributed by atoms with van der Waals surface area (Å²) >= 11 is 0. The van der Waals surface area contributed by atoms with Gasteiger partial charge in [0.15, 0.2) is 16.1 Å². The third-order valence-corrected chi connectivity index (χ3v) is 3.88. The van der Waals surface area contributed by atoms with E-state index >= 15 is 0 Å². The Hall–Kier alpha value is 0.0169. The predicted octanol–water partition coefficient (Wildman–Crippen LogP) is -0.495. The lowest BCUT2D eigenvalue weighted by molar-refractivity contribution is -0.129. The van der Waals surface area contributed by atoms with E-state index in [4.69, 9.17) is 24.1 Å². The number of aliphatic hydroxyl groups is 2. The lowest BCUT2D eigenvalue weighted by Gasteiger charge is -2.18. The largest absolute Gasteiger partial charge is 0.398 e. The van der Waals surface area contributed by atoms with E-state index < -0.39 is 16.1 Å². The Bertz CT molecular complexity index is 145. The molecule has 0 saturated heterocycles. The van der Waals surface area contributed by atoms with Crippen molar-refractivity contribution in [2.24, 2.45) is 5.92 Å². The van der Waals surface area contributed by atoms with E-state index in [1.807, 2.05) is 0 Å². The van der Waals surface area contributed by atoms with E-state index in [2.05, 4.69) is 13.8 Å². The molecular formula is C10H24O5Si. The average molecular weight is 252 g/mol. The molecule has 0 bridgehead atoms. The number of aliphatic hydroxyl groups excluding tert-OH is 2. The van der Waals surface area contributed by atoms with E-state index in [1.54, 1.807) is 0 Å². The number of hydrogen-bond acceptors (Lipinski definition) is 5. The number of ether oxygens (including phenoxy) is 2. The van der Waals surface area contributed by atoms with Gasteiger partial charge in [-0.2, -0.15) is 0 Å². The summed E-state index contributed by atoms with van der Waals surface area (Å²) in [4.78, 5) is 0. The molecule has 2 N–H and O–H groups in total. The van der Waals surface area contributed by atoms with Crippen molar-refractivity contribution in [1.82, 2.24) is 0 Å². The zero-order valence-electron chi connectivity index (χ0n) is 10.2. The van der Waals surface area contributed by atoms with Crippen molar-refractivity contribution in [2.75, 3.05) is 33.0 Å². The second-order valence-electron chi connectivity index (χ2n) is 3.88. The van der Waals surface area contributed by atoms with Crippen molar-refractivity contribution in [2.45, 2.75) is 26.2 Å². The molecule has 0 radical (unpaired) electrons. The van der Waals surface area contributed by atoms with Gasteiger partial charge in [0.1, 0.15) is 0 Å². The summed E-state index contributed by atoms with van der Waals surface area (Å²) in [6.45, 7) is 5.13. The van der Waals surface area contributed by atoms with E-state index in [0.29, 0.717) is 12.5 Å². The van der Waals surface area contributed by atoms with Crippen LogP contribution in [0.2, 0.25) is 6.04 Å². The van der Waals surface area contributed by atoms with Crippen LogP contribution in [0.3, 0.4) is 0 Å². The zero-order valence-corrected chi connectivity index (χ0v) is 11.6. The molecule has 6 heteroatoms. The molecule has 0 aliphatic rings. The van der Waals surface area contributed by atoms with E-state index in [1.165, 1.54) is 0 Å². The van der Waals surface area contributed by atoms with Gasteiger partial charge in [-0.05, 0) is 12.0 Å². The highest BCUT2D eigenvalue weighted by atomic mass is 28.2. The van der Waals surface area contributed by atoms with Crippen molar-refractivity contribution in [3.8, 4) is 0 Å². The number of hydrogen-bond donors (Lipinski definition) is 2. The predicted molar refractivity (Wildman–Crippen MR) is 64.0 cm³/mol. The highest BCUT2D eigenvalue weighted by Crippen LogP contribution is 2.02. The summed E-state index contributed by atoms with van der Waals surface area (Å²) in [6.07, 6.45) is -0.399. The van der Waals surface area contributed by atoms with E-state index in [9.17, 15) is 0 Å². The smallest absolute Gasteiger partial charge is 0.171 e. The zero-order chi connectivity index (χ0) is 12.2. The number of rotatable bonds is 11. The molecule has 0 aromatic carbocycles. The molecule has 16 heavy (non-hydrogen) atoms. The van der Waals surface area contributed by atoms with Gasteiger partial charge in [0.05, 0.1) is 33.0 Å². The Balaban J connectivity index is 3.62. The van der Waals surface area contributed by atoms with Gasteiger partial charge in [-0.3, -0.25) is 0 Å². The first-order valence-electron chi connectivity index (χ1n) is 5.73. The van der Waals surface area contributed by atoms with Crippen LogP contribution >= 0.6 is 0 Å². The average Bonchev–Trinajstić information content (AvgIpc) is 2.25. The summed E-state index contributed by atoms with van der Waals surface area (Å²) in [7, 11) is -0.595. The Kier molecular flexibility index (Phi) is 11.5. The van der Waals surface area contributed by atoms with Crippen LogP contribution in [0.1, 0.15) is 13.8 Å². The molecular weight excluding hydrogens is 228 g/mol. The molecule has 5 nitrogen and oxygen atoms in total. The van der Waals surface area contributed by atoms with Crippen LogP contribution in [-0.4, -0.2) is 59.3 Å². The monoisotopic (exact) mass is 252 g/mol. The van der Waals surface area contributed by atoms with Gasteiger partial charge in [-0.25, -0.2) is 0 Å². The lowest BCUT2D eigenvalue weighted by Crippen LogP contribution is -2.27. The summed E-state index contributed by atoms with van der Waals surface area (Å²) in [5.41, 5.74) is 0. The molecule has 98 valence electrons. The van der Waals surface area contributed by atoms with Crippen molar-refractivity contribution in [3.05, 3.63) is 0 Å². The van der Waals surface area contributed by atoms with Crippen molar-refractivity contribution >= 4 is 9.76 Å². The quantitative estimate of drug-likeness (QED) is 0.295. The van der Waals surface area contributed by atoms with Gasteiger partial charge in [0.2, 0.25) is 0 Å². The molecule has 0 heterocycles. The third kappa shape index (κ3) is 10.5. The summed E-state index contributed by atoms with van der Waals surface area (Å²) in [5, 5.41) is 17.2. The van der Waals surface area contributed by atoms with Crippen molar-refractivity contribution in [3.63, 3.8) is 0 Å². The second-order valence-corrected chi connectivity index (χ2v) is 5.19. The highest BCUT2D eigenvalue weighted by Gasteiger charge is 2.09. The van der Waals surface area contributed by atoms with Crippen LogP contribution in [-0.2, 0) is 13.9 Å². The van der Waals surface area contributed by atoms with Crippen molar-refractivity contribution < 1.29 is 24.1 Å². The van der Waals surface area contributed by atoms with Gasteiger partial charge >= 0.3 is 0 Å². The second kappa shape index (κ2) is 11.5. The molecule has 1 atom stereocenters. The fourth-order valence-electron chi connectivity index (χ4n) is 1.01. The molecule has 0 rings (SSSR count). The lowest BCUT2D eigenvalue weighted by atomic mass is 10.3. The molecule has 0 aromatic heterocycles. The maximum atomic E-state index is 8.65. The Morgan fingerprint density at radius 1 is 1.12 bits per heavy atom. The molecule has 0 aromatic rings. The summed E-state index contributed by atoms with van der Waals surface area (Å²) in [6, 6.07) is 1.10. The van der Waals surface area contributed by atoms with Crippen LogP contribution in [0.15, 0.2) is 0 Å². The van der Waals surface area contributed by atoms with Crippen LogP contribution < -0.4 is 0 Å². The molecule has 0 amide bonds. The first-order valence-corrected chi connectivity index (χ1v) is 7.31. The minimum atomic E-state index is -0.595. The third-order valence-electron chi connectivity index (χ3n) is 1.88. The first kappa shape index (κ1) is 16.0. The van der Waals surface area contributed by atoms with Gasteiger partial charge in [-0.15, -0.1) is 0 Å². The van der Waals surface area contributed by atoms with E-state index in [0.717, 1.165) is 6.04 Å². The SMILES string of the molecule is CC(C)C[SiH2]OC(COCCO)OCCO. The highest BCUT2D eigenvalue weighted by molar-refractivity contribution is 6.27. The van der Waals surface area contributed by atoms with Crippen LogP contribution in [0, 0.1) is 5.92 Å². The maximum Gasteiger partial charge on any atom is 0.171 e. The topological polar surface area (TPSA) is 68.2 Å². The molecule has 0 aliphatic heterocycles. The molecule has 0 fully saturated rings. The fraction of sp³-hybridized carbons (Fsp3) is 1.00. The van der Waals surface area contributed by atoms with Crippen molar-refractivity contribution in [1.29, 1.82) is 0 Å². The molecule has 0 spiro atoms. The van der Waals surface area contributed by atoms with Gasteiger partial charge in [-0.1, -0.05) is 13.8 Å². The summed E-state index contributed by atoms with van der Waals surface area (Å²) in [5.74, 6) is 0.642. The standard InChI is InChI=1S/C10H24O5Si/c1-9(2)8-16-15-10(14-6-4-12)7-13-5-3-11/h9-12H,3-8,16H2,1-2H3. The van der Waals surface area contributed by atoms with Gasteiger partial charge in [0.25, 0.3) is 0 Å². The van der Waals surface area contributed by atoms with Crippen LogP contribution in [0.5, 0.6) is 0 Å². The van der Waals surface area contributed by atoms with Gasteiger partial charge in [0, 0.05) is 0 Å². The Morgan fingerprint density at radius 3 is 2.38 bits per heavy atom. The minimum Gasteiger partial charge on any atom is -0.398 e. The Labute approximate surface area is 99.7 Å². The maximum absolute atomic E-state index is 8.65. The van der Waals surface area contributed by atoms with Crippen LogP contribution in [0.4, 0.5) is 0 Å². The van der Waals surface area contributed by atoms with Gasteiger partial charge < -0.3 is 24.1 Å².